The van der Waals surface area contributed by atoms with E-state index < -0.39 is 18.7 Å². The van der Waals surface area contributed by atoms with Gasteiger partial charge in [-0.3, -0.25) is 0 Å². The number of carboxylic acids is 1. The van der Waals surface area contributed by atoms with Gasteiger partial charge in [-0.15, -0.1) is 0 Å². The van der Waals surface area contributed by atoms with E-state index >= 15 is 0 Å². The fourth-order valence-electron chi connectivity index (χ4n) is 2.41. The van der Waals surface area contributed by atoms with Gasteiger partial charge in [-0.05, 0) is 37.3 Å². The lowest BCUT2D eigenvalue weighted by Crippen LogP contribution is -2.33. The highest BCUT2D eigenvalue weighted by Crippen LogP contribution is 2.28. The van der Waals surface area contributed by atoms with Gasteiger partial charge in [-0.25, -0.2) is 9.78 Å². The summed E-state index contributed by atoms with van der Waals surface area (Å²) in [6, 6.07) is 1.46. The molecule has 0 unspecified atom stereocenters. The van der Waals surface area contributed by atoms with Gasteiger partial charge < -0.3 is 10.0 Å². The summed E-state index contributed by atoms with van der Waals surface area (Å²) < 4.78 is 37.3. The number of hydrogen-bond donors (Lipinski definition) is 1. The molecule has 110 valence electrons. The number of aryl methyl sites for hydroxylation is 2. The lowest BCUT2D eigenvalue weighted by atomic mass is 9.94. The van der Waals surface area contributed by atoms with E-state index in [2.05, 4.69) is 4.98 Å². The van der Waals surface area contributed by atoms with E-state index in [1.54, 1.807) is 0 Å². The third-order valence-corrected chi connectivity index (χ3v) is 3.29. The number of aromatic nitrogens is 1. The van der Waals surface area contributed by atoms with Crippen LogP contribution in [0.3, 0.4) is 0 Å². The van der Waals surface area contributed by atoms with Gasteiger partial charge in [0.25, 0.3) is 0 Å². The topological polar surface area (TPSA) is 53.4 Å². The zero-order valence-corrected chi connectivity index (χ0v) is 11.0. The molecule has 1 N–H and O–H groups in total. The molecule has 1 heterocycles. The smallest absolute Gasteiger partial charge is 0.405 e. The Hall–Kier alpha value is -1.79. The van der Waals surface area contributed by atoms with E-state index in [4.69, 9.17) is 5.11 Å². The largest absolute Gasteiger partial charge is 0.478 e. The summed E-state index contributed by atoms with van der Waals surface area (Å²) in [5.74, 6) is -1.37. The number of nitrogens with zero attached hydrogens (tertiary/aromatic N) is 2. The Labute approximate surface area is 114 Å². The summed E-state index contributed by atoms with van der Waals surface area (Å²) in [4.78, 5) is 16.2. The van der Waals surface area contributed by atoms with Crippen LogP contribution in [0.1, 0.15) is 34.5 Å². The summed E-state index contributed by atoms with van der Waals surface area (Å²) in [6.07, 6.45) is -1.11. The molecule has 4 nitrogen and oxygen atoms in total. The maximum atomic E-state index is 12.4. The highest BCUT2D eigenvalue weighted by Gasteiger charge is 2.32. The molecule has 0 saturated heterocycles. The van der Waals surface area contributed by atoms with Crippen LogP contribution >= 0.6 is 0 Å². The minimum Gasteiger partial charge on any atom is -0.478 e. The van der Waals surface area contributed by atoms with Crippen molar-refractivity contribution in [3.05, 3.63) is 22.9 Å². The van der Waals surface area contributed by atoms with Crippen molar-refractivity contribution in [1.29, 1.82) is 0 Å². The summed E-state index contributed by atoms with van der Waals surface area (Å²) in [5, 5.41) is 9.17. The quantitative estimate of drug-likeness (QED) is 0.929. The molecule has 0 aromatic carbocycles. The van der Waals surface area contributed by atoms with Crippen LogP contribution in [0.4, 0.5) is 19.0 Å². The molecular formula is C13H15F3N2O2. The van der Waals surface area contributed by atoms with Crippen LogP contribution in [0.2, 0.25) is 0 Å². The van der Waals surface area contributed by atoms with Gasteiger partial charge in [0.15, 0.2) is 0 Å². The van der Waals surface area contributed by atoms with Crippen LogP contribution in [-0.2, 0) is 12.8 Å². The molecule has 0 saturated carbocycles. The fourth-order valence-corrected chi connectivity index (χ4v) is 2.41. The Morgan fingerprint density at radius 2 is 2.05 bits per heavy atom. The first-order valence-electron chi connectivity index (χ1n) is 6.32. The first-order valence-corrected chi connectivity index (χ1v) is 6.32. The molecule has 0 aliphatic heterocycles. The Morgan fingerprint density at radius 3 is 2.65 bits per heavy atom. The number of alkyl halides is 3. The van der Waals surface area contributed by atoms with E-state index in [1.807, 2.05) is 0 Å². The predicted molar refractivity (Wildman–Crippen MR) is 67.2 cm³/mol. The van der Waals surface area contributed by atoms with E-state index in [-0.39, 0.29) is 11.4 Å². The van der Waals surface area contributed by atoms with E-state index in [0.29, 0.717) is 12.1 Å². The first-order chi connectivity index (χ1) is 9.28. The van der Waals surface area contributed by atoms with E-state index in [0.717, 1.165) is 29.7 Å². The number of carboxylic acid groups (broad SMARTS) is 1. The Morgan fingerprint density at radius 1 is 1.40 bits per heavy atom. The van der Waals surface area contributed by atoms with Crippen molar-refractivity contribution in [3.63, 3.8) is 0 Å². The minimum atomic E-state index is -4.40. The maximum absolute atomic E-state index is 12.4. The Balaban J connectivity index is 2.42. The second-order valence-corrected chi connectivity index (χ2v) is 4.95. The first kappa shape index (κ1) is 14.6. The molecule has 0 bridgehead atoms. The summed E-state index contributed by atoms with van der Waals surface area (Å²) >= 11 is 0. The normalized spacial score (nSPS) is 14.8. The monoisotopic (exact) mass is 288 g/mol. The van der Waals surface area contributed by atoms with Gasteiger partial charge in [-0.2, -0.15) is 13.2 Å². The van der Waals surface area contributed by atoms with Crippen LogP contribution in [0, 0.1) is 0 Å². The molecule has 0 atom stereocenters. The molecule has 0 amide bonds. The molecular weight excluding hydrogens is 273 g/mol. The van der Waals surface area contributed by atoms with E-state index in [9.17, 15) is 18.0 Å². The molecule has 2 rings (SSSR count). The van der Waals surface area contributed by atoms with Gasteiger partial charge in [0.2, 0.25) is 0 Å². The van der Waals surface area contributed by atoms with Crippen LogP contribution in [0.25, 0.3) is 0 Å². The minimum absolute atomic E-state index is 0.115. The summed E-state index contributed by atoms with van der Waals surface area (Å²) in [6.45, 7) is -1.22. The molecule has 20 heavy (non-hydrogen) atoms. The number of aromatic carboxylic acids is 1. The maximum Gasteiger partial charge on any atom is 0.405 e. The number of rotatable bonds is 3. The van der Waals surface area contributed by atoms with Gasteiger partial charge in [-0.1, -0.05) is 0 Å². The third kappa shape index (κ3) is 3.20. The van der Waals surface area contributed by atoms with Crippen molar-refractivity contribution in [1.82, 2.24) is 4.98 Å². The van der Waals surface area contributed by atoms with Gasteiger partial charge in [0.1, 0.15) is 17.9 Å². The lowest BCUT2D eigenvalue weighted by Gasteiger charge is -2.24. The second kappa shape index (κ2) is 5.30. The molecule has 7 heteroatoms. The number of fused-ring (bicyclic) bond motifs is 1. The average molecular weight is 288 g/mol. The second-order valence-electron chi connectivity index (χ2n) is 4.95. The van der Waals surface area contributed by atoms with Crippen molar-refractivity contribution < 1.29 is 23.1 Å². The van der Waals surface area contributed by atoms with Crippen LogP contribution in [-0.4, -0.2) is 35.8 Å². The fraction of sp³-hybridized carbons (Fsp3) is 0.538. The van der Waals surface area contributed by atoms with Crippen molar-refractivity contribution in [2.45, 2.75) is 31.9 Å². The van der Waals surface area contributed by atoms with Crippen LogP contribution in [0.5, 0.6) is 0 Å². The predicted octanol–water partition coefficient (Wildman–Crippen LogP) is 2.66. The molecule has 0 fully saturated rings. The average Bonchev–Trinajstić information content (AvgIpc) is 2.35. The summed E-state index contributed by atoms with van der Waals surface area (Å²) in [5.41, 5.74) is 1.38. The molecule has 0 radical (unpaired) electrons. The van der Waals surface area contributed by atoms with Gasteiger partial charge >= 0.3 is 12.1 Å². The third-order valence-electron chi connectivity index (χ3n) is 3.29. The molecule has 1 aliphatic carbocycles. The number of pyridine rings is 1. The standard InChI is InChI=1S/C13H15F3N2O2/c1-18(7-13(14,15)16)11-9(12(19)20)6-8-4-2-3-5-10(8)17-11/h6H,2-5,7H2,1H3,(H,19,20). The zero-order valence-electron chi connectivity index (χ0n) is 11.0. The Kier molecular flexibility index (Phi) is 3.87. The van der Waals surface area contributed by atoms with Crippen molar-refractivity contribution in [2.75, 3.05) is 18.5 Å². The van der Waals surface area contributed by atoms with Gasteiger partial charge in [0, 0.05) is 12.7 Å². The molecule has 1 aromatic heterocycles. The highest BCUT2D eigenvalue weighted by molar-refractivity contribution is 5.93. The zero-order chi connectivity index (χ0) is 14.9. The van der Waals surface area contributed by atoms with E-state index in [1.165, 1.54) is 13.1 Å². The van der Waals surface area contributed by atoms with Crippen LogP contribution < -0.4 is 4.90 Å². The molecule has 0 spiro atoms. The number of carbonyl (C=O) groups is 1. The number of anilines is 1. The lowest BCUT2D eigenvalue weighted by molar-refractivity contribution is -0.119. The highest BCUT2D eigenvalue weighted by atomic mass is 19.4. The number of hydrogen-bond acceptors (Lipinski definition) is 3. The number of halogens is 3. The van der Waals surface area contributed by atoms with Gasteiger partial charge in [0.05, 0.1) is 0 Å². The van der Waals surface area contributed by atoms with Crippen molar-refractivity contribution in [2.24, 2.45) is 0 Å². The Bertz CT molecular complexity index is 529. The van der Waals surface area contributed by atoms with Crippen molar-refractivity contribution >= 4 is 11.8 Å². The van der Waals surface area contributed by atoms with Crippen molar-refractivity contribution in [3.8, 4) is 0 Å². The summed E-state index contributed by atoms with van der Waals surface area (Å²) in [7, 11) is 1.21. The molecule has 1 aromatic rings. The molecule has 1 aliphatic rings. The van der Waals surface area contributed by atoms with Crippen LogP contribution in [0.15, 0.2) is 6.07 Å². The SMILES string of the molecule is CN(CC(F)(F)F)c1nc2c(cc1C(=O)O)CCCC2.